The van der Waals surface area contributed by atoms with Gasteiger partial charge in [-0.1, -0.05) is 37.9 Å². The lowest BCUT2D eigenvalue weighted by atomic mass is 10.1. The third-order valence-electron chi connectivity index (χ3n) is 3.68. The summed E-state index contributed by atoms with van der Waals surface area (Å²) < 4.78 is 30.3. The molecular weight excluding hydrogens is 432 g/mol. The Kier molecular flexibility index (Phi) is 4.64. The highest BCUT2D eigenvalue weighted by atomic mass is 79.9. The van der Waals surface area contributed by atoms with Crippen molar-refractivity contribution < 1.29 is 8.78 Å². The van der Waals surface area contributed by atoms with Gasteiger partial charge in [-0.2, -0.15) is 0 Å². The van der Waals surface area contributed by atoms with Crippen molar-refractivity contribution >= 4 is 42.8 Å². The van der Waals surface area contributed by atoms with E-state index in [0.29, 0.717) is 16.2 Å². The van der Waals surface area contributed by atoms with E-state index in [9.17, 15) is 13.6 Å². The molecule has 0 aliphatic heterocycles. The molecule has 23 heavy (non-hydrogen) atoms. The highest BCUT2D eigenvalue weighted by molar-refractivity contribution is 9.10. The molecule has 2 aromatic carbocycles. The van der Waals surface area contributed by atoms with Crippen LogP contribution in [0.25, 0.3) is 10.9 Å². The Morgan fingerprint density at radius 3 is 2.43 bits per heavy atom. The molecule has 0 aliphatic carbocycles. The first-order valence-corrected chi connectivity index (χ1v) is 8.73. The molecule has 0 bridgehead atoms. The number of benzene rings is 2. The average Bonchev–Trinajstić information content (AvgIpc) is 2.52. The van der Waals surface area contributed by atoms with Gasteiger partial charge >= 0.3 is 0 Å². The van der Waals surface area contributed by atoms with Gasteiger partial charge in [-0.3, -0.25) is 4.79 Å². The third kappa shape index (κ3) is 3.10. The predicted molar refractivity (Wildman–Crippen MR) is 94.0 cm³/mol. The molecule has 118 valence electrons. The molecule has 0 fully saturated rings. The maximum atomic E-state index is 13.9. The van der Waals surface area contributed by atoms with E-state index in [1.54, 1.807) is 22.9 Å². The van der Waals surface area contributed by atoms with Gasteiger partial charge in [-0.05, 0) is 29.8 Å². The van der Waals surface area contributed by atoms with Crippen LogP contribution in [0.3, 0.4) is 0 Å². The number of fused-ring (bicyclic) bond motifs is 1. The number of hydrogen-bond acceptors (Lipinski definition) is 1. The number of rotatable bonds is 3. The largest absolute Gasteiger partial charge is 0.343 e. The van der Waals surface area contributed by atoms with Gasteiger partial charge in [0.05, 0.1) is 12.1 Å². The molecule has 0 atom stereocenters. The Morgan fingerprint density at radius 2 is 1.78 bits per heavy atom. The van der Waals surface area contributed by atoms with Crippen LogP contribution in [0.15, 0.2) is 51.9 Å². The van der Waals surface area contributed by atoms with Gasteiger partial charge in [0.1, 0.15) is 11.6 Å². The van der Waals surface area contributed by atoms with Crippen LogP contribution in [0, 0.1) is 11.6 Å². The molecule has 0 unspecified atom stereocenters. The summed E-state index contributed by atoms with van der Waals surface area (Å²) in [5.41, 5.74) is 1.40. The molecule has 3 aromatic rings. The fraction of sp³-hybridized carbons (Fsp3) is 0.118. The van der Waals surface area contributed by atoms with Crippen molar-refractivity contribution in [2.75, 3.05) is 0 Å². The zero-order valence-corrected chi connectivity index (χ0v) is 15.0. The van der Waals surface area contributed by atoms with E-state index in [1.807, 2.05) is 0 Å². The van der Waals surface area contributed by atoms with Crippen LogP contribution in [0.1, 0.15) is 11.1 Å². The Balaban J connectivity index is 2.21. The second-order valence-electron chi connectivity index (χ2n) is 5.10. The maximum absolute atomic E-state index is 13.9. The summed E-state index contributed by atoms with van der Waals surface area (Å²) in [6.45, 7) is 0.00931. The van der Waals surface area contributed by atoms with E-state index in [4.69, 9.17) is 0 Å². The van der Waals surface area contributed by atoms with Crippen LogP contribution in [0.4, 0.5) is 8.78 Å². The van der Waals surface area contributed by atoms with Gasteiger partial charge in [-0.15, -0.1) is 0 Å². The first-order chi connectivity index (χ1) is 11.0. The van der Waals surface area contributed by atoms with E-state index in [0.717, 1.165) is 10.0 Å². The molecule has 0 spiro atoms. The zero-order chi connectivity index (χ0) is 16.6. The summed E-state index contributed by atoms with van der Waals surface area (Å²) in [5.74, 6) is -1.21. The lowest BCUT2D eigenvalue weighted by molar-refractivity contribution is 0.546. The fourth-order valence-corrected chi connectivity index (χ4v) is 3.78. The first-order valence-electron chi connectivity index (χ1n) is 6.81. The monoisotopic (exact) mass is 441 g/mol. The van der Waals surface area contributed by atoms with E-state index >= 15 is 0 Å². The van der Waals surface area contributed by atoms with Crippen molar-refractivity contribution in [3.8, 4) is 0 Å². The van der Waals surface area contributed by atoms with Crippen LogP contribution in [0.5, 0.6) is 0 Å². The summed E-state index contributed by atoms with van der Waals surface area (Å²) in [6, 6.07) is 8.77. The second-order valence-corrected chi connectivity index (χ2v) is 6.52. The number of halogens is 4. The molecule has 1 heterocycles. The van der Waals surface area contributed by atoms with Crippen molar-refractivity contribution in [2.45, 2.75) is 11.9 Å². The van der Waals surface area contributed by atoms with Gasteiger partial charge in [0.2, 0.25) is 0 Å². The van der Waals surface area contributed by atoms with E-state index < -0.39 is 11.6 Å². The lowest BCUT2D eigenvalue weighted by Gasteiger charge is -2.13. The molecule has 6 heteroatoms. The Hall–Kier alpha value is -1.53. The van der Waals surface area contributed by atoms with Crippen molar-refractivity contribution in [2.24, 2.45) is 0 Å². The van der Waals surface area contributed by atoms with Gasteiger partial charge in [0.25, 0.3) is 0 Å². The summed E-state index contributed by atoms with van der Waals surface area (Å²) in [4.78, 5) is 12.1. The summed E-state index contributed by atoms with van der Waals surface area (Å²) in [5, 5.41) is 1.11. The van der Waals surface area contributed by atoms with E-state index in [-0.39, 0.29) is 17.5 Å². The SMILES string of the molecule is O=c1ccn(Cc2c(F)cccc2F)c2cc(Br)c(CBr)cc12. The molecule has 0 aliphatic rings. The average molecular weight is 443 g/mol. The lowest BCUT2D eigenvalue weighted by Crippen LogP contribution is -2.11. The van der Waals surface area contributed by atoms with Crippen molar-refractivity contribution in [1.29, 1.82) is 0 Å². The number of pyridine rings is 1. The smallest absolute Gasteiger partial charge is 0.189 e. The fourth-order valence-electron chi connectivity index (χ4n) is 2.46. The van der Waals surface area contributed by atoms with Gasteiger partial charge in [-0.25, -0.2) is 8.78 Å². The van der Waals surface area contributed by atoms with Gasteiger partial charge in [0, 0.05) is 33.0 Å². The van der Waals surface area contributed by atoms with Crippen LogP contribution in [-0.4, -0.2) is 4.57 Å². The Bertz CT molecular complexity index is 933. The van der Waals surface area contributed by atoms with Gasteiger partial charge < -0.3 is 4.57 Å². The van der Waals surface area contributed by atoms with Crippen LogP contribution in [0.2, 0.25) is 0 Å². The highest BCUT2D eigenvalue weighted by Gasteiger charge is 2.12. The van der Waals surface area contributed by atoms with Crippen LogP contribution < -0.4 is 5.43 Å². The molecule has 0 radical (unpaired) electrons. The van der Waals surface area contributed by atoms with E-state index in [2.05, 4.69) is 31.9 Å². The minimum absolute atomic E-state index is 0.00931. The first kappa shape index (κ1) is 16.3. The molecule has 0 amide bonds. The van der Waals surface area contributed by atoms with Crippen molar-refractivity contribution in [3.63, 3.8) is 0 Å². The quantitative estimate of drug-likeness (QED) is 0.524. The molecule has 2 nitrogen and oxygen atoms in total. The molecule has 0 saturated carbocycles. The molecule has 3 rings (SSSR count). The van der Waals surface area contributed by atoms with Crippen LogP contribution >= 0.6 is 31.9 Å². The van der Waals surface area contributed by atoms with Gasteiger partial charge in [0.15, 0.2) is 5.43 Å². The number of hydrogen-bond donors (Lipinski definition) is 0. The topological polar surface area (TPSA) is 22.0 Å². The normalized spacial score (nSPS) is 11.1. The number of nitrogens with zero attached hydrogens (tertiary/aromatic N) is 1. The summed E-state index contributed by atoms with van der Waals surface area (Å²) in [6.07, 6.45) is 1.55. The Morgan fingerprint density at radius 1 is 1.09 bits per heavy atom. The van der Waals surface area contributed by atoms with E-state index in [1.165, 1.54) is 24.3 Å². The number of aromatic nitrogens is 1. The zero-order valence-electron chi connectivity index (χ0n) is 11.8. The summed E-state index contributed by atoms with van der Waals surface area (Å²) in [7, 11) is 0. The van der Waals surface area contributed by atoms with Crippen LogP contribution in [-0.2, 0) is 11.9 Å². The standard InChI is InChI=1S/C17H11Br2F2NO/c18-8-10-6-11-16(7-13(10)19)22(5-4-17(11)23)9-12-14(20)2-1-3-15(12)21/h1-7H,8-9H2. The molecular formula is C17H11Br2F2NO. The summed E-state index contributed by atoms with van der Waals surface area (Å²) >= 11 is 6.83. The molecule has 1 aromatic heterocycles. The van der Waals surface area contributed by atoms with Crippen molar-refractivity contribution in [3.05, 3.63) is 80.1 Å². The minimum Gasteiger partial charge on any atom is -0.343 e. The Labute approximate surface area is 148 Å². The molecule has 0 saturated heterocycles. The minimum atomic E-state index is -0.604. The maximum Gasteiger partial charge on any atom is 0.189 e. The predicted octanol–water partition coefficient (Wildman–Crippen LogP) is 4.99. The third-order valence-corrected chi connectivity index (χ3v) is 5.02. The van der Waals surface area contributed by atoms with Crippen molar-refractivity contribution in [1.82, 2.24) is 4.57 Å². The molecule has 0 N–H and O–H groups in total. The number of alkyl halides is 1. The second kappa shape index (κ2) is 6.53. The highest BCUT2D eigenvalue weighted by Crippen LogP contribution is 2.25.